The van der Waals surface area contributed by atoms with Crippen molar-refractivity contribution in [1.82, 2.24) is 9.21 Å². The number of nitro groups is 1. The number of carbonyl (C=O) groups excluding carboxylic acids is 1. The summed E-state index contributed by atoms with van der Waals surface area (Å²) in [5.74, 6) is -4.84. The standard InChI is InChI=1S/C13H20N4O6S.C2H2O4/c1-15(8-9-18)6-7-16(2)24(22,23)11-5-3-4-10(17(20)21)12(11)13(14)19;3-1(4)2(5)6/h3-5,18H,6-9H2,1-2H3,(H2,14,19);(H,3,4)(H,5,6). The maximum atomic E-state index is 12.6. The van der Waals surface area contributed by atoms with E-state index in [9.17, 15) is 23.3 Å². The highest BCUT2D eigenvalue weighted by atomic mass is 32.2. The largest absolute Gasteiger partial charge is 0.473 e. The molecule has 0 heterocycles. The second-order valence-electron chi connectivity index (χ2n) is 5.74. The zero-order valence-electron chi connectivity index (χ0n) is 16.1. The molecule has 0 radical (unpaired) electrons. The third-order valence-corrected chi connectivity index (χ3v) is 5.50. The Balaban J connectivity index is 0.00000122. The molecule has 0 aromatic heterocycles. The van der Waals surface area contributed by atoms with Gasteiger partial charge in [-0.05, 0) is 13.1 Å². The summed E-state index contributed by atoms with van der Waals surface area (Å²) in [5.41, 5.74) is 3.85. The molecule has 1 aromatic rings. The third kappa shape index (κ3) is 7.70. The Hall–Kier alpha value is -3.14. The summed E-state index contributed by atoms with van der Waals surface area (Å²) in [6, 6.07) is 3.31. The SMILES string of the molecule is CN(CCO)CCN(C)S(=O)(=O)c1cccc([N+](=O)[O-])c1C(N)=O.O=C(O)C(=O)O. The first-order valence-electron chi connectivity index (χ1n) is 8.06. The fraction of sp³-hybridized carbons (Fsp3) is 0.400. The Labute approximate surface area is 171 Å². The van der Waals surface area contributed by atoms with E-state index in [1.54, 1.807) is 11.9 Å². The van der Waals surface area contributed by atoms with Crippen LogP contribution < -0.4 is 5.73 Å². The summed E-state index contributed by atoms with van der Waals surface area (Å²) in [7, 11) is -1.14. The molecular weight excluding hydrogens is 428 g/mol. The van der Waals surface area contributed by atoms with Gasteiger partial charge in [0.15, 0.2) is 0 Å². The highest BCUT2D eigenvalue weighted by Gasteiger charge is 2.31. The molecule has 30 heavy (non-hydrogen) atoms. The van der Waals surface area contributed by atoms with Crippen molar-refractivity contribution in [2.45, 2.75) is 4.90 Å². The van der Waals surface area contributed by atoms with Gasteiger partial charge in [0.1, 0.15) is 10.5 Å². The third-order valence-electron chi connectivity index (χ3n) is 3.60. The van der Waals surface area contributed by atoms with Crippen LogP contribution in [0.4, 0.5) is 5.69 Å². The van der Waals surface area contributed by atoms with E-state index in [1.165, 1.54) is 13.1 Å². The summed E-state index contributed by atoms with van der Waals surface area (Å²) < 4.78 is 26.2. The number of primary amides is 1. The van der Waals surface area contributed by atoms with Crippen LogP contribution in [0.5, 0.6) is 0 Å². The number of hydrogen-bond donors (Lipinski definition) is 4. The van der Waals surface area contributed by atoms with Gasteiger partial charge in [0.2, 0.25) is 10.0 Å². The molecular formula is C15H22N4O10S. The van der Waals surface area contributed by atoms with E-state index < -0.39 is 48.9 Å². The minimum Gasteiger partial charge on any atom is -0.473 e. The second-order valence-corrected chi connectivity index (χ2v) is 7.75. The van der Waals surface area contributed by atoms with Crippen molar-refractivity contribution in [2.24, 2.45) is 5.73 Å². The van der Waals surface area contributed by atoms with E-state index in [4.69, 9.17) is 30.6 Å². The molecule has 0 aliphatic rings. The van der Waals surface area contributed by atoms with E-state index in [0.717, 1.165) is 16.4 Å². The van der Waals surface area contributed by atoms with E-state index in [2.05, 4.69) is 0 Å². The lowest BCUT2D eigenvalue weighted by atomic mass is 10.2. The van der Waals surface area contributed by atoms with Gasteiger partial charge < -0.3 is 26.0 Å². The van der Waals surface area contributed by atoms with Gasteiger partial charge in [-0.1, -0.05) is 6.07 Å². The van der Waals surface area contributed by atoms with Gasteiger partial charge in [0.25, 0.3) is 11.6 Å². The summed E-state index contributed by atoms with van der Waals surface area (Å²) in [6.07, 6.45) is 0. The fourth-order valence-corrected chi connectivity index (χ4v) is 3.39. The average molecular weight is 450 g/mol. The monoisotopic (exact) mass is 450 g/mol. The van der Waals surface area contributed by atoms with Gasteiger partial charge in [-0.2, -0.15) is 4.31 Å². The number of nitrogens with zero attached hydrogens (tertiary/aromatic N) is 3. The van der Waals surface area contributed by atoms with Crippen LogP contribution in [0.1, 0.15) is 10.4 Å². The van der Waals surface area contributed by atoms with Crippen LogP contribution in [0.3, 0.4) is 0 Å². The number of rotatable bonds is 9. The van der Waals surface area contributed by atoms with Crippen LogP contribution in [0, 0.1) is 10.1 Å². The quantitative estimate of drug-likeness (QED) is 0.190. The smallest absolute Gasteiger partial charge is 0.414 e. The molecule has 0 bridgehead atoms. The number of carbonyl (C=O) groups is 3. The molecule has 168 valence electrons. The number of hydrogen-bond acceptors (Lipinski definition) is 9. The zero-order chi connectivity index (χ0) is 23.6. The van der Waals surface area contributed by atoms with Gasteiger partial charge in [-0.3, -0.25) is 14.9 Å². The summed E-state index contributed by atoms with van der Waals surface area (Å²) >= 11 is 0. The molecule has 1 aromatic carbocycles. The van der Waals surface area contributed by atoms with Gasteiger partial charge >= 0.3 is 11.9 Å². The number of amides is 1. The van der Waals surface area contributed by atoms with Crippen molar-refractivity contribution in [2.75, 3.05) is 40.3 Å². The fourth-order valence-electron chi connectivity index (χ4n) is 2.02. The Kier molecular flexibility index (Phi) is 10.5. The molecule has 0 aliphatic heterocycles. The number of benzene rings is 1. The number of aliphatic carboxylic acids is 2. The van der Waals surface area contributed by atoms with Crippen LogP contribution >= 0.6 is 0 Å². The van der Waals surface area contributed by atoms with Crippen molar-refractivity contribution in [3.8, 4) is 0 Å². The lowest BCUT2D eigenvalue weighted by Crippen LogP contribution is -2.36. The zero-order valence-corrected chi connectivity index (χ0v) is 16.9. The molecule has 1 amide bonds. The summed E-state index contributed by atoms with van der Waals surface area (Å²) in [5, 5.41) is 34.6. The van der Waals surface area contributed by atoms with Crippen LogP contribution in [-0.4, -0.2) is 96.0 Å². The predicted molar refractivity (Wildman–Crippen MR) is 101 cm³/mol. The van der Waals surface area contributed by atoms with Crippen molar-refractivity contribution in [3.63, 3.8) is 0 Å². The average Bonchev–Trinajstić information content (AvgIpc) is 2.65. The van der Waals surface area contributed by atoms with Gasteiger partial charge in [0.05, 0.1) is 11.5 Å². The molecule has 0 saturated carbocycles. The normalized spacial score (nSPS) is 11.0. The molecule has 14 nitrogen and oxygen atoms in total. The van der Waals surface area contributed by atoms with Gasteiger partial charge in [-0.25, -0.2) is 18.0 Å². The lowest BCUT2D eigenvalue weighted by molar-refractivity contribution is -0.385. The molecule has 5 N–H and O–H groups in total. The number of aliphatic hydroxyl groups is 1. The first-order chi connectivity index (χ1) is 13.8. The molecule has 0 fully saturated rings. The molecule has 0 unspecified atom stereocenters. The molecule has 0 saturated heterocycles. The molecule has 15 heteroatoms. The van der Waals surface area contributed by atoms with Crippen LogP contribution in [-0.2, 0) is 19.6 Å². The topological polar surface area (TPSA) is 222 Å². The Morgan fingerprint density at radius 2 is 1.63 bits per heavy atom. The van der Waals surface area contributed by atoms with Crippen LogP contribution in [0.2, 0.25) is 0 Å². The maximum Gasteiger partial charge on any atom is 0.414 e. The van der Waals surface area contributed by atoms with Crippen molar-refractivity contribution < 1.29 is 43.0 Å². The van der Waals surface area contributed by atoms with Crippen LogP contribution in [0.25, 0.3) is 0 Å². The van der Waals surface area contributed by atoms with Crippen molar-refractivity contribution in [3.05, 3.63) is 33.9 Å². The number of nitro benzene ring substituents is 1. The highest BCUT2D eigenvalue weighted by molar-refractivity contribution is 7.89. The second kappa shape index (κ2) is 11.8. The first kappa shape index (κ1) is 26.9. The predicted octanol–water partition coefficient (Wildman–Crippen LogP) is -1.61. The highest BCUT2D eigenvalue weighted by Crippen LogP contribution is 2.27. The minimum absolute atomic E-state index is 0.0658. The van der Waals surface area contributed by atoms with Gasteiger partial charge in [0, 0.05) is 32.7 Å². The lowest BCUT2D eigenvalue weighted by Gasteiger charge is -2.22. The Morgan fingerprint density at radius 1 is 1.10 bits per heavy atom. The minimum atomic E-state index is -4.14. The summed E-state index contributed by atoms with van der Waals surface area (Å²) in [4.78, 5) is 41.1. The number of likely N-dealkylation sites (N-methyl/N-ethyl adjacent to an activating group) is 2. The molecule has 1 rings (SSSR count). The van der Waals surface area contributed by atoms with Crippen LogP contribution in [0.15, 0.2) is 23.1 Å². The number of nitrogens with two attached hydrogens (primary N) is 1. The Morgan fingerprint density at radius 3 is 2.03 bits per heavy atom. The number of carboxylic acid groups (broad SMARTS) is 2. The maximum absolute atomic E-state index is 12.6. The van der Waals surface area contributed by atoms with Crippen molar-refractivity contribution >= 4 is 33.6 Å². The molecule has 0 atom stereocenters. The molecule has 0 aliphatic carbocycles. The van der Waals surface area contributed by atoms with E-state index >= 15 is 0 Å². The van der Waals surface area contributed by atoms with Gasteiger partial charge in [-0.15, -0.1) is 0 Å². The van der Waals surface area contributed by atoms with Crippen molar-refractivity contribution in [1.29, 1.82) is 0 Å². The number of aliphatic hydroxyl groups excluding tert-OH is 1. The van der Waals surface area contributed by atoms with E-state index in [-0.39, 0.29) is 13.2 Å². The number of sulfonamides is 1. The van der Waals surface area contributed by atoms with E-state index in [0.29, 0.717) is 13.1 Å². The summed E-state index contributed by atoms with van der Waals surface area (Å²) in [6.45, 7) is 0.706. The molecule has 0 spiro atoms. The first-order valence-corrected chi connectivity index (χ1v) is 9.50. The number of carboxylic acids is 2. The Bertz CT molecular complexity index is 891. The van der Waals surface area contributed by atoms with E-state index in [1.807, 2.05) is 0 Å².